The van der Waals surface area contributed by atoms with Crippen LogP contribution in [-0.2, 0) is 11.4 Å². The van der Waals surface area contributed by atoms with Gasteiger partial charge >= 0.3 is 0 Å². The van der Waals surface area contributed by atoms with Crippen LogP contribution in [0.5, 0.6) is 11.5 Å². The third-order valence-corrected chi connectivity index (χ3v) is 5.26. The molecule has 1 N–H and O–H groups in total. The first-order chi connectivity index (χ1) is 15.1. The van der Waals surface area contributed by atoms with E-state index in [1.165, 1.54) is 4.90 Å². The molecule has 0 aliphatic carbocycles. The Labute approximate surface area is 186 Å². The summed E-state index contributed by atoms with van der Waals surface area (Å²) in [5, 5.41) is 3.38. The highest BCUT2D eigenvalue weighted by Gasteiger charge is 2.32. The van der Waals surface area contributed by atoms with Crippen LogP contribution >= 0.6 is 12.2 Å². The number of benzene rings is 3. The topological polar surface area (TPSA) is 50.8 Å². The lowest BCUT2D eigenvalue weighted by Gasteiger charge is -2.16. The van der Waals surface area contributed by atoms with Crippen LogP contribution in [0, 0.1) is 6.92 Å². The van der Waals surface area contributed by atoms with E-state index in [2.05, 4.69) is 5.32 Å². The number of rotatable bonds is 6. The van der Waals surface area contributed by atoms with Crippen molar-refractivity contribution in [3.8, 4) is 11.5 Å². The summed E-state index contributed by atoms with van der Waals surface area (Å²) in [7, 11) is 1.59. The Morgan fingerprint density at radius 1 is 1.00 bits per heavy atom. The van der Waals surface area contributed by atoms with E-state index in [0.29, 0.717) is 28.9 Å². The van der Waals surface area contributed by atoms with Gasteiger partial charge in [0, 0.05) is 0 Å². The van der Waals surface area contributed by atoms with Crippen LogP contribution in [0.3, 0.4) is 0 Å². The highest BCUT2D eigenvalue weighted by atomic mass is 32.1. The van der Waals surface area contributed by atoms with Crippen molar-refractivity contribution in [3.63, 3.8) is 0 Å². The van der Waals surface area contributed by atoms with Crippen molar-refractivity contribution in [1.82, 2.24) is 5.32 Å². The van der Waals surface area contributed by atoms with Gasteiger partial charge < -0.3 is 14.8 Å². The second-order valence-electron chi connectivity index (χ2n) is 7.10. The van der Waals surface area contributed by atoms with Gasteiger partial charge in [-0.25, -0.2) is 0 Å². The lowest BCUT2D eigenvalue weighted by Crippen LogP contribution is -2.30. The molecule has 4 rings (SSSR count). The van der Waals surface area contributed by atoms with E-state index in [-0.39, 0.29) is 5.91 Å². The Morgan fingerprint density at radius 3 is 2.48 bits per heavy atom. The van der Waals surface area contributed by atoms with Gasteiger partial charge in [-0.15, -0.1) is 0 Å². The Bertz CT molecular complexity index is 1160. The average molecular weight is 431 g/mol. The minimum absolute atomic E-state index is 0.192. The molecule has 0 aromatic heterocycles. The Kier molecular flexibility index (Phi) is 6.00. The molecule has 0 bridgehead atoms. The number of nitrogens with zero attached hydrogens (tertiary/aromatic N) is 1. The first-order valence-electron chi connectivity index (χ1n) is 9.84. The Hall–Kier alpha value is -3.64. The summed E-state index contributed by atoms with van der Waals surface area (Å²) in [5.41, 5.74) is 4.03. The van der Waals surface area contributed by atoms with Gasteiger partial charge in [-0.05, 0) is 60.1 Å². The minimum Gasteiger partial charge on any atom is -0.493 e. The van der Waals surface area contributed by atoms with Crippen LogP contribution in [0.25, 0.3) is 6.08 Å². The van der Waals surface area contributed by atoms with Crippen molar-refractivity contribution in [2.24, 2.45) is 0 Å². The molecule has 0 atom stereocenters. The van der Waals surface area contributed by atoms with Crippen LogP contribution in [0.15, 0.2) is 78.5 Å². The number of methoxy groups -OCH3 is 1. The molecule has 5 nitrogen and oxygen atoms in total. The lowest BCUT2D eigenvalue weighted by molar-refractivity contribution is -0.113. The SMILES string of the molecule is COc1cc(/C=C2\NC(=S)N(c3ccccc3C)C2=O)ccc1OCc1ccccc1. The summed E-state index contributed by atoms with van der Waals surface area (Å²) in [5.74, 6) is 1.04. The van der Waals surface area contributed by atoms with Crippen molar-refractivity contribution in [2.75, 3.05) is 12.0 Å². The number of carbonyl (C=O) groups excluding carboxylic acids is 1. The number of anilines is 1. The van der Waals surface area contributed by atoms with E-state index >= 15 is 0 Å². The van der Waals surface area contributed by atoms with Crippen LogP contribution in [0.2, 0.25) is 0 Å². The van der Waals surface area contributed by atoms with Crippen molar-refractivity contribution in [3.05, 3.63) is 95.2 Å². The molecule has 1 fully saturated rings. The summed E-state index contributed by atoms with van der Waals surface area (Å²) in [6, 6.07) is 23.1. The Balaban J connectivity index is 1.55. The monoisotopic (exact) mass is 430 g/mol. The van der Waals surface area contributed by atoms with Gasteiger partial charge in [-0.1, -0.05) is 54.6 Å². The zero-order valence-electron chi connectivity index (χ0n) is 17.3. The van der Waals surface area contributed by atoms with E-state index in [1.54, 1.807) is 13.2 Å². The molecule has 0 spiro atoms. The molecule has 1 heterocycles. The summed E-state index contributed by atoms with van der Waals surface area (Å²) < 4.78 is 11.4. The summed E-state index contributed by atoms with van der Waals surface area (Å²) in [4.78, 5) is 14.5. The van der Waals surface area contributed by atoms with E-state index in [4.69, 9.17) is 21.7 Å². The normalized spacial score (nSPS) is 14.6. The molecular formula is C25H22N2O3S. The molecule has 1 aliphatic rings. The number of hydrogen-bond donors (Lipinski definition) is 1. The Morgan fingerprint density at radius 2 is 1.74 bits per heavy atom. The maximum Gasteiger partial charge on any atom is 0.281 e. The van der Waals surface area contributed by atoms with Crippen molar-refractivity contribution in [1.29, 1.82) is 0 Å². The lowest BCUT2D eigenvalue weighted by atomic mass is 10.1. The fraction of sp³-hybridized carbons (Fsp3) is 0.120. The fourth-order valence-corrected chi connectivity index (χ4v) is 3.65. The molecule has 0 unspecified atom stereocenters. The van der Waals surface area contributed by atoms with Crippen LogP contribution < -0.4 is 19.7 Å². The van der Waals surface area contributed by atoms with Gasteiger partial charge in [0.15, 0.2) is 16.6 Å². The third kappa shape index (κ3) is 4.44. The fourth-order valence-electron chi connectivity index (χ4n) is 3.36. The van der Waals surface area contributed by atoms with Crippen LogP contribution in [-0.4, -0.2) is 18.1 Å². The minimum atomic E-state index is -0.192. The summed E-state index contributed by atoms with van der Waals surface area (Å²) in [6.45, 7) is 2.39. The zero-order chi connectivity index (χ0) is 21.8. The van der Waals surface area contributed by atoms with Crippen LogP contribution in [0.4, 0.5) is 5.69 Å². The van der Waals surface area contributed by atoms with Gasteiger partial charge in [0.1, 0.15) is 12.3 Å². The first kappa shape index (κ1) is 20.6. The predicted octanol–water partition coefficient (Wildman–Crippen LogP) is 4.84. The van der Waals surface area contributed by atoms with E-state index in [1.807, 2.05) is 79.7 Å². The number of ether oxygens (including phenoxy) is 2. The molecule has 1 amide bonds. The third-order valence-electron chi connectivity index (χ3n) is 4.97. The average Bonchev–Trinajstić information content (AvgIpc) is 3.06. The maximum absolute atomic E-state index is 13.0. The smallest absolute Gasteiger partial charge is 0.281 e. The van der Waals surface area contributed by atoms with Gasteiger partial charge in [0.05, 0.1) is 12.8 Å². The quantitative estimate of drug-likeness (QED) is 0.448. The van der Waals surface area contributed by atoms with Crippen molar-refractivity contribution in [2.45, 2.75) is 13.5 Å². The molecular weight excluding hydrogens is 408 g/mol. The molecule has 31 heavy (non-hydrogen) atoms. The molecule has 1 saturated heterocycles. The summed E-state index contributed by atoms with van der Waals surface area (Å²) in [6.07, 6.45) is 1.76. The summed E-state index contributed by atoms with van der Waals surface area (Å²) >= 11 is 5.41. The standard InChI is InChI=1S/C25H22N2O3S/c1-17-8-6-7-11-21(17)27-24(28)20(26-25(27)31)14-19-12-13-22(23(15-19)29-2)30-16-18-9-4-3-5-10-18/h3-15H,16H2,1-2H3,(H,26,31)/b20-14-. The maximum atomic E-state index is 13.0. The molecule has 6 heteroatoms. The highest BCUT2D eigenvalue weighted by molar-refractivity contribution is 7.80. The first-order valence-corrected chi connectivity index (χ1v) is 10.2. The number of thiocarbonyl (C=S) groups is 1. The van der Waals surface area contributed by atoms with Gasteiger partial charge in [0.25, 0.3) is 5.91 Å². The van der Waals surface area contributed by atoms with Gasteiger partial charge in [-0.2, -0.15) is 0 Å². The number of carbonyl (C=O) groups is 1. The van der Waals surface area contributed by atoms with E-state index in [9.17, 15) is 4.79 Å². The number of amides is 1. The molecule has 3 aromatic rings. The largest absolute Gasteiger partial charge is 0.493 e. The second-order valence-corrected chi connectivity index (χ2v) is 7.49. The van der Waals surface area contributed by atoms with E-state index in [0.717, 1.165) is 22.4 Å². The van der Waals surface area contributed by atoms with E-state index < -0.39 is 0 Å². The number of hydrogen-bond acceptors (Lipinski definition) is 4. The molecule has 0 radical (unpaired) electrons. The molecule has 156 valence electrons. The molecule has 0 saturated carbocycles. The van der Waals surface area contributed by atoms with Gasteiger partial charge in [0.2, 0.25) is 0 Å². The van der Waals surface area contributed by atoms with Crippen LogP contribution in [0.1, 0.15) is 16.7 Å². The molecule has 3 aromatic carbocycles. The second kappa shape index (κ2) is 9.02. The number of aryl methyl sites for hydroxylation is 1. The highest BCUT2D eigenvalue weighted by Crippen LogP contribution is 2.31. The number of para-hydroxylation sites is 1. The predicted molar refractivity (Wildman–Crippen MR) is 126 cm³/mol. The van der Waals surface area contributed by atoms with Crippen molar-refractivity contribution >= 4 is 35.0 Å². The zero-order valence-corrected chi connectivity index (χ0v) is 18.1. The number of nitrogens with one attached hydrogen (secondary N) is 1. The molecule has 1 aliphatic heterocycles. The van der Waals surface area contributed by atoms with Gasteiger partial charge in [-0.3, -0.25) is 9.69 Å². The van der Waals surface area contributed by atoms with Crippen molar-refractivity contribution < 1.29 is 14.3 Å².